The van der Waals surface area contributed by atoms with Gasteiger partial charge in [-0.25, -0.2) is 4.39 Å². The zero-order chi connectivity index (χ0) is 30.3. The summed E-state index contributed by atoms with van der Waals surface area (Å²) in [6.07, 6.45) is 1.78. The Hall–Kier alpha value is -3.53. The van der Waals surface area contributed by atoms with Crippen LogP contribution in [0.1, 0.15) is 30.5 Å². The van der Waals surface area contributed by atoms with Gasteiger partial charge < -0.3 is 19.7 Å². The van der Waals surface area contributed by atoms with Gasteiger partial charge in [-0.15, -0.1) is 11.8 Å². The molecular formula is C32H29Cl2FN4O3S. The lowest BCUT2D eigenvalue weighted by Crippen LogP contribution is -2.56. The van der Waals surface area contributed by atoms with E-state index in [-0.39, 0.29) is 35.7 Å². The Bertz CT molecular complexity index is 1710. The highest BCUT2D eigenvalue weighted by Crippen LogP contribution is 2.55. The summed E-state index contributed by atoms with van der Waals surface area (Å²) in [5.41, 5.74) is 2.11. The average molecular weight is 640 g/mol. The van der Waals surface area contributed by atoms with Gasteiger partial charge in [-0.1, -0.05) is 53.5 Å². The van der Waals surface area contributed by atoms with Gasteiger partial charge in [0.1, 0.15) is 10.6 Å². The van der Waals surface area contributed by atoms with Gasteiger partial charge >= 0.3 is 0 Å². The Morgan fingerprint density at radius 3 is 2.42 bits per heavy atom. The van der Waals surface area contributed by atoms with E-state index < -0.39 is 16.6 Å². The number of nitrogens with zero attached hydrogens (tertiary/aromatic N) is 3. The molecule has 0 spiro atoms. The molecule has 3 heterocycles. The van der Waals surface area contributed by atoms with E-state index in [9.17, 15) is 18.8 Å². The van der Waals surface area contributed by atoms with E-state index in [1.807, 2.05) is 48.7 Å². The number of thioether (sulfide) groups is 1. The summed E-state index contributed by atoms with van der Waals surface area (Å²) in [7, 11) is 0. The second-order valence-electron chi connectivity index (χ2n) is 10.9. The molecule has 0 aliphatic carbocycles. The molecule has 11 heteroatoms. The standard InChI is InChI=1S/C32H29Cl2FN4O3S/c1-20(40)37-11-13-38(14-12-37)31(42)32(43-23-5-3-2-4-6-23)17-29(41)39(19-21-7-10-26(34)27(35)15-21)30(32)25-18-36-28-16-22(33)8-9-24(25)28/h2-10,15-16,18,30,36H,11-14,17,19H2,1H3/t30-,32+/m1/s1. The number of carbonyl (C=O) groups excluding carboxylic acids is 3. The van der Waals surface area contributed by atoms with Crippen molar-refractivity contribution in [2.75, 3.05) is 26.2 Å². The first-order valence-corrected chi connectivity index (χ1v) is 15.5. The van der Waals surface area contributed by atoms with E-state index in [1.165, 1.54) is 30.8 Å². The zero-order valence-corrected chi connectivity index (χ0v) is 25.7. The number of hydrogen-bond acceptors (Lipinski definition) is 4. The van der Waals surface area contributed by atoms with Crippen molar-refractivity contribution in [1.82, 2.24) is 19.7 Å². The second kappa shape index (κ2) is 11.9. The van der Waals surface area contributed by atoms with Crippen LogP contribution in [0.3, 0.4) is 0 Å². The third kappa shape index (κ3) is 5.61. The monoisotopic (exact) mass is 638 g/mol. The van der Waals surface area contributed by atoms with Crippen molar-refractivity contribution >= 4 is 63.6 Å². The van der Waals surface area contributed by atoms with Crippen LogP contribution in [0.5, 0.6) is 0 Å². The molecule has 2 saturated heterocycles. The highest BCUT2D eigenvalue weighted by atomic mass is 35.5. The van der Waals surface area contributed by atoms with Crippen LogP contribution in [-0.4, -0.2) is 68.3 Å². The summed E-state index contributed by atoms with van der Waals surface area (Å²) in [6.45, 7) is 3.18. The lowest BCUT2D eigenvalue weighted by molar-refractivity contribution is -0.140. The van der Waals surface area contributed by atoms with Gasteiger partial charge in [0, 0.05) is 72.2 Å². The third-order valence-electron chi connectivity index (χ3n) is 8.21. The van der Waals surface area contributed by atoms with Crippen LogP contribution >= 0.6 is 35.0 Å². The fourth-order valence-corrected chi connectivity index (χ4v) is 7.90. The molecule has 2 fully saturated rings. The average Bonchev–Trinajstić information content (AvgIpc) is 3.52. The Kier molecular flexibility index (Phi) is 8.15. The Balaban J connectivity index is 1.50. The van der Waals surface area contributed by atoms with Gasteiger partial charge in [0.2, 0.25) is 17.7 Å². The maximum absolute atomic E-state index is 14.9. The van der Waals surface area contributed by atoms with Crippen LogP contribution < -0.4 is 0 Å². The van der Waals surface area contributed by atoms with E-state index in [2.05, 4.69) is 4.98 Å². The number of H-pyrrole nitrogens is 1. The van der Waals surface area contributed by atoms with Crippen molar-refractivity contribution in [3.8, 4) is 0 Å². The molecule has 2 atom stereocenters. The predicted molar refractivity (Wildman–Crippen MR) is 166 cm³/mol. The topological polar surface area (TPSA) is 76.7 Å². The number of carbonyl (C=O) groups is 3. The van der Waals surface area contributed by atoms with Crippen molar-refractivity contribution in [2.45, 2.75) is 35.6 Å². The molecule has 0 unspecified atom stereocenters. The minimum Gasteiger partial charge on any atom is -0.361 e. The Morgan fingerprint density at radius 2 is 1.72 bits per heavy atom. The fourth-order valence-electron chi connectivity index (χ4n) is 6.12. The minimum atomic E-state index is -1.25. The van der Waals surface area contributed by atoms with E-state index in [4.69, 9.17) is 23.2 Å². The second-order valence-corrected chi connectivity index (χ2v) is 13.1. The van der Waals surface area contributed by atoms with Crippen LogP contribution in [-0.2, 0) is 20.9 Å². The number of rotatable bonds is 6. The first-order valence-electron chi connectivity index (χ1n) is 13.9. The highest BCUT2D eigenvalue weighted by molar-refractivity contribution is 8.01. The van der Waals surface area contributed by atoms with Crippen molar-refractivity contribution in [3.63, 3.8) is 0 Å². The van der Waals surface area contributed by atoms with Crippen LogP contribution in [0.25, 0.3) is 10.9 Å². The molecule has 6 rings (SSSR count). The van der Waals surface area contributed by atoms with E-state index in [1.54, 1.807) is 26.8 Å². The summed E-state index contributed by atoms with van der Waals surface area (Å²) in [6, 6.07) is 18.8. The Morgan fingerprint density at radius 1 is 1.00 bits per heavy atom. The maximum atomic E-state index is 14.9. The molecule has 1 aromatic heterocycles. The molecule has 43 heavy (non-hydrogen) atoms. The van der Waals surface area contributed by atoms with Crippen molar-refractivity contribution in [2.24, 2.45) is 0 Å². The number of piperazine rings is 1. The number of aromatic nitrogens is 1. The van der Waals surface area contributed by atoms with Gasteiger partial charge in [0.25, 0.3) is 0 Å². The molecule has 4 aromatic rings. The number of halogens is 3. The Labute approximate surface area is 262 Å². The molecule has 0 radical (unpaired) electrons. The number of benzene rings is 3. The normalized spacial score (nSPS) is 20.7. The maximum Gasteiger partial charge on any atom is 0.242 e. The molecule has 0 saturated carbocycles. The highest BCUT2D eigenvalue weighted by Gasteiger charge is 2.59. The van der Waals surface area contributed by atoms with Crippen molar-refractivity contribution in [1.29, 1.82) is 0 Å². The summed E-state index contributed by atoms with van der Waals surface area (Å²) in [5, 5.41) is 1.39. The fraction of sp³-hybridized carbons (Fsp3) is 0.281. The summed E-state index contributed by atoms with van der Waals surface area (Å²) in [5.74, 6) is -1.000. The number of aromatic amines is 1. The van der Waals surface area contributed by atoms with Crippen LogP contribution in [0.2, 0.25) is 10.0 Å². The van der Waals surface area contributed by atoms with Crippen LogP contribution in [0.15, 0.2) is 77.8 Å². The van der Waals surface area contributed by atoms with E-state index >= 15 is 0 Å². The molecule has 2 aliphatic rings. The smallest absolute Gasteiger partial charge is 0.242 e. The first-order chi connectivity index (χ1) is 20.7. The minimum absolute atomic E-state index is 0.00424. The molecule has 222 valence electrons. The summed E-state index contributed by atoms with van der Waals surface area (Å²) < 4.78 is 13.3. The lowest BCUT2D eigenvalue weighted by atomic mass is 9.90. The summed E-state index contributed by atoms with van der Waals surface area (Å²) >= 11 is 13.6. The number of nitrogens with one attached hydrogen (secondary N) is 1. The number of fused-ring (bicyclic) bond motifs is 1. The SMILES string of the molecule is CC(=O)N1CCN(C(=O)[C@]2(Sc3ccccc3)CC(=O)N(Cc3ccc(Cl)c(F)c3)[C@@H]2c2c[nH]c3cc(Cl)ccc23)CC1. The van der Waals surface area contributed by atoms with Gasteiger partial charge in [-0.2, -0.15) is 0 Å². The molecule has 3 aromatic carbocycles. The molecule has 0 bridgehead atoms. The van der Waals surface area contributed by atoms with Crippen molar-refractivity contribution in [3.05, 3.63) is 99.9 Å². The number of likely N-dealkylation sites (tertiary alicyclic amines) is 1. The van der Waals surface area contributed by atoms with Gasteiger partial charge in [0.15, 0.2) is 0 Å². The summed E-state index contributed by atoms with van der Waals surface area (Å²) in [4.78, 5) is 50.3. The van der Waals surface area contributed by atoms with Gasteiger partial charge in [-0.05, 0) is 42.0 Å². The number of hydrogen-bond donors (Lipinski definition) is 1. The molecule has 2 aliphatic heterocycles. The van der Waals surface area contributed by atoms with Crippen molar-refractivity contribution < 1.29 is 18.8 Å². The zero-order valence-electron chi connectivity index (χ0n) is 23.4. The largest absolute Gasteiger partial charge is 0.361 e. The van der Waals surface area contributed by atoms with Gasteiger partial charge in [0.05, 0.1) is 17.5 Å². The molecule has 1 N–H and O–H groups in total. The lowest BCUT2D eigenvalue weighted by Gasteiger charge is -2.42. The number of amides is 3. The molecule has 3 amide bonds. The van der Waals surface area contributed by atoms with Crippen LogP contribution in [0.4, 0.5) is 4.39 Å². The molecule has 7 nitrogen and oxygen atoms in total. The first kappa shape index (κ1) is 29.5. The third-order valence-corrected chi connectivity index (χ3v) is 10.2. The van der Waals surface area contributed by atoms with E-state index in [0.717, 1.165) is 21.4 Å². The predicted octanol–water partition coefficient (Wildman–Crippen LogP) is 6.31. The quantitative estimate of drug-likeness (QED) is 0.269. The van der Waals surface area contributed by atoms with Crippen LogP contribution in [0, 0.1) is 5.82 Å². The molecular weight excluding hydrogens is 610 g/mol. The van der Waals surface area contributed by atoms with Gasteiger partial charge in [-0.3, -0.25) is 14.4 Å². The van der Waals surface area contributed by atoms with E-state index in [0.29, 0.717) is 36.8 Å².